The van der Waals surface area contributed by atoms with Crippen molar-refractivity contribution in [3.63, 3.8) is 0 Å². The maximum Gasteiger partial charge on any atom is 0.306 e. The van der Waals surface area contributed by atoms with Crippen molar-refractivity contribution in [3.8, 4) is 0 Å². The number of esters is 4. The molecule has 0 bridgehead atoms. The molecule has 11 heteroatoms. The second-order valence-electron chi connectivity index (χ2n) is 6.30. The fourth-order valence-corrected chi connectivity index (χ4v) is 1.82. The van der Waals surface area contributed by atoms with Gasteiger partial charge in [0.15, 0.2) is 0 Å². The Morgan fingerprint density at radius 1 is 0.714 bits per heavy atom. The van der Waals surface area contributed by atoms with Crippen LogP contribution in [0.4, 0.5) is 0 Å². The van der Waals surface area contributed by atoms with Crippen molar-refractivity contribution in [2.24, 2.45) is 0 Å². The number of hydrogen-bond donors (Lipinski definition) is 1. The Balaban J connectivity index is 1.43. The summed E-state index contributed by atoms with van der Waals surface area (Å²) in [6.45, 7) is 0.700. The first-order valence-corrected chi connectivity index (χ1v) is 8.96. The minimum atomic E-state index is -1.22. The molecule has 28 heavy (non-hydrogen) atoms. The molecule has 0 aliphatic carbocycles. The van der Waals surface area contributed by atoms with Gasteiger partial charge in [0.1, 0.15) is 44.7 Å². The summed E-state index contributed by atoms with van der Waals surface area (Å²) in [5.41, 5.74) is 0. The van der Waals surface area contributed by atoms with Gasteiger partial charge in [0.05, 0.1) is 38.9 Å². The highest BCUT2D eigenvalue weighted by atomic mass is 16.6. The summed E-state index contributed by atoms with van der Waals surface area (Å²) in [6, 6.07) is 0. The first-order valence-electron chi connectivity index (χ1n) is 8.96. The summed E-state index contributed by atoms with van der Waals surface area (Å²) in [5, 5.41) is 9.64. The summed E-state index contributed by atoms with van der Waals surface area (Å²) in [4.78, 5) is 45.7. The molecule has 0 amide bonds. The van der Waals surface area contributed by atoms with Gasteiger partial charge >= 0.3 is 23.9 Å². The molecule has 2 saturated heterocycles. The van der Waals surface area contributed by atoms with Gasteiger partial charge in [0.2, 0.25) is 0 Å². The monoisotopic (exact) mass is 404 g/mol. The van der Waals surface area contributed by atoms with E-state index in [4.69, 9.17) is 28.4 Å². The van der Waals surface area contributed by atoms with E-state index in [1.807, 2.05) is 0 Å². The molecule has 1 N–H and O–H groups in total. The Hall–Kier alpha value is -2.24. The van der Waals surface area contributed by atoms with Gasteiger partial charge in [-0.25, -0.2) is 0 Å². The first-order chi connectivity index (χ1) is 13.4. The van der Waals surface area contributed by atoms with Crippen LogP contribution in [0.5, 0.6) is 0 Å². The minimum absolute atomic E-state index is 0.0447. The third-order valence-corrected chi connectivity index (χ3v) is 3.61. The van der Waals surface area contributed by atoms with Crippen molar-refractivity contribution in [2.45, 2.75) is 44.0 Å². The Morgan fingerprint density at radius 3 is 1.36 bits per heavy atom. The average molecular weight is 404 g/mol. The molecular formula is C17H24O11. The van der Waals surface area contributed by atoms with Crippen LogP contribution in [-0.2, 0) is 47.6 Å². The average Bonchev–Trinajstić information content (AvgIpc) is 3.58. The van der Waals surface area contributed by atoms with Crippen LogP contribution in [0, 0.1) is 0 Å². The summed E-state index contributed by atoms with van der Waals surface area (Å²) < 4.78 is 29.0. The van der Waals surface area contributed by atoms with Crippen molar-refractivity contribution in [1.29, 1.82) is 0 Å². The fraction of sp³-hybridized carbons (Fsp3) is 0.765. The number of hydrogen-bond acceptors (Lipinski definition) is 11. The van der Waals surface area contributed by atoms with Gasteiger partial charge in [-0.1, -0.05) is 0 Å². The van der Waals surface area contributed by atoms with Crippen molar-refractivity contribution in [2.75, 3.05) is 39.6 Å². The highest BCUT2D eigenvalue weighted by Crippen LogP contribution is 2.10. The normalized spacial score (nSPS) is 20.6. The molecule has 0 radical (unpaired) electrons. The Morgan fingerprint density at radius 2 is 1.04 bits per heavy atom. The van der Waals surface area contributed by atoms with Gasteiger partial charge in [0.25, 0.3) is 0 Å². The van der Waals surface area contributed by atoms with Gasteiger partial charge in [0, 0.05) is 0 Å². The van der Waals surface area contributed by atoms with E-state index in [0.29, 0.717) is 13.2 Å². The SMILES string of the molecule is O=C(CCC(=O)OCC1CO1)OCC(O)COC(=O)CCC(=O)OCC1CO1. The number of aliphatic hydroxyl groups is 1. The molecule has 2 rings (SSSR count). The Labute approximate surface area is 161 Å². The zero-order chi connectivity index (χ0) is 20.4. The van der Waals surface area contributed by atoms with E-state index in [1.165, 1.54) is 0 Å². The van der Waals surface area contributed by atoms with E-state index in [0.717, 1.165) is 0 Å². The van der Waals surface area contributed by atoms with E-state index in [1.54, 1.807) is 0 Å². The van der Waals surface area contributed by atoms with Crippen molar-refractivity contribution < 1.29 is 52.7 Å². The van der Waals surface area contributed by atoms with Crippen LogP contribution in [0.15, 0.2) is 0 Å². The second kappa shape index (κ2) is 11.6. The quantitative estimate of drug-likeness (QED) is 0.213. The summed E-state index contributed by atoms with van der Waals surface area (Å²) >= 11 is 0. The third-order valence-electron chi connectivity index (χ3n) is 3.61. The first kappa shape index (κ1) is 22.1. The number of rotatable bonds is 14. The Bertz CT molecular complexity index is 505. The van der Waals surface area contributed by atoms with E-state index in [-0.39, 0.29) is 64.3 Å². The number of carbonyl (C=O) groups is 4. The zero-order valence-corrected chi connectivity index (χ0v) is 15.3. The van der Waals surface area contributed by atoms with E-state index in [2.05, 4.69) is 0 Å². The van der Waals surface area contributed by atoms with Crippen LogP contribution >= 0.6 is 0 Å². The van der Waals surface area contributed by atoms with Crippen LogP contribution in [0.1, 0.15) is 25.7 Å². The van der Waals surface area contributed by atoms with Gasteiger partial charge in [-0.15, -0.1) is 0 Å². The van der Waals surface area contributed by atoms with Crippen molar-refractivity contribution in [3.05, 3.63) is 0 Å². The molecule has 2 heterocycles. The maximum absolute atomic E-state index is 11.5. The molecule has 11 nitrogen and oxygen atoms in total. The minimum Gasteiger partial charge on any atom is -0.463 e. The second-order valence-corrected chi connectivity index (χ2v) is 6.30. The molecule has 2 unspecified atom stereocenters. The molecule has 158 valence electrons. The highest BCUT2D eigenvalue weighted by molar-refractivity contribution is 5.78. The fourth-order valence-electron chi connectivity index (χ4n) is 1.82. The molecule has 0 aromatic heterocycles. The number of carbonyl (C=O) groups excluding carboxylic acids is 4. The van der Waals surface area contributed by atoms with Crippen LogP contribution in [0.2, 0.25) is 0 Å². The number of ether oxygens (including phenoxy) is 6. The molecule has 0 spiro atoms. The predicted octanol–water partition coefficient (Wildman–Crippen LogP) is -1.12. The highest BCUT2D eigenvalue weighted by Gasteiger charge is 2.25. The van der Waals surface area contributed by atoms with Crippen LogP contribution in [0.25, 0.3) is 0 Å². The molecule has 0 aromatic rings. The lowest BCUT2D eigenvalue weighted by Gasteiger charge is -2.12. The summed E-state index contributed by atoms with van der Waals surface area (Å²) in [5.74, 6) is -2.45. The van der Waals surface area contributed by atoms with Gasteiger partial charge in [-0.05, 0) is 0 Å². The molecular weight excluding hydrogens is 380 g/mol. The van der Waals surface area contributed by atoms with Crippen LogP contribution < -0.4 is 0 Å². The smallest absolute Gasteiger partial charge is 0.306 e. The van der Waals surface area contributed by atoms with E-state index in [9.17, 15) is 24.3 Å². The van der Waals surface area contributed by atoms with Crippen molar-refractivity contribution in [1.82, 2.24) is 0 Å². The molecule has 2 aliphatic rings. The lowest BCUT2D eigenvalue weighted by Crippen LogP contribution is -2.26. The van der Waals surface area contributed by atoms with E-state index >= 15 is 0 Å². The van der Waals surface area contributed by atoms with Crippen LogP contribution in [0.3, 0.4) is 0 Å². The summed E-state index contributed by atoms with van der Waals surface area (Å²) in [6.07, 6.45) is -1.96. The number of epoxide rings is 2. The largest absolute Gasteiger partial charge is 0.463 e. The predicted molar refractivity (Wildman–Crippen MR) is 87.8 cm³/mol. The molecule has 0 aromatic carbocycles. The maximum atomic E-state index is 11.5. The third kappa shape index (κ3) is 10.8. The molecule has 2 aliphatic heterocycles. The summed E-state index contributed by atoms with van der Waals surface area (Å²) in [7, 11) is 0. The zero-order valence-electron chi connectivity index (χ0n) is 15.3. The lowest BCUT2D eigenvalue weighted by molar-refractivity contribution is -0.156. The molecule has 0 saturated carbocycles. The van der Waals surface area contributed by atoms with Gasteiger partial charge in [-0.2, -0.15) is 0 Å². The molecule has 2 fully saturated rings. The standard InChI is InChI=1S/C17H24O11/c18-11(5-25-14(19)1-3-16(21)27-9-12-7-23-12)6-26-15(20)2-4-17(22)28-10-13-8-24-13/h11-13,18H,1-10H2. The Kier molecular flexibility index (Phi) is 9.11. The molecule has 2 atom stereocenters. The van der Waals surface area contributed by atoms with Gasteiger partial charge < -0.3 is 33.5 Å². The van der Waals surface area contributed by atoms with Gasteiger partial charge in [-0.3, -0.25) is 19.2 Å². The lowest BCUT2D eigenvalue weighted by atomic mass is 10.3. The van der Waals surface area contributed by atoms with Crippen LogP contribution in [-0.4, -0.2) is 86.9 Å². The topological polar surface area (TPSA) is 150 Å². The number of aliphatic hydroxyl groups excluding tert-OH is 1. The van der Waals surface area contributed by atoms with E-state index < -0.39 is 30.0 Å². The van der Waals surface area contributed by atoms with Crippen molar-refractivity contribution >= 4 is 23.9 Å².